The van der Waals surface area contributed by atoms with Crippen molar-refractivity contribution >= 4 is 33.8 Å². The van der Waals surface area contributed by atoms with Crippen LogP contribution in [-0.2, 0) is 9.47 Å². The zero-order valence-electron chi connectivity index (χ0n) is 14.0. The Hall–Kier alpha value is -1.07. The van der Waals surface area contributed by atoms with E-state index in [1.54, 1.807) is 48.4 Å². The Labute approximate surface area is 140 Å². The van der Waals surface area contributed by atoms with Crippen molar-refractivity contribution in [1.29, 1.82) is 5.26 Å². The van der Waals surface area contributed by atoms with E-state index in [1.165, 1.54) is 0 Å². The van der Waals surface area contributed by atoms with Crippen LogP contribution in [0.15, 0.2) is 0 Å². The van der Waals surface area contributed by atoms with Crippen LogP contribution >= 0.6 is 21.6 Å². The minimum Gasteiger partial charge on any atom is -0.443 e. The minimum atomic E-state index is -0.864. The lowest BCUT2D eigenvalue weighted by molar-refractivity contribution is 0.0246. The Bertz CT molecular complexity index is 422. The van der Waals surface area contributed by atoms with Crippen LogP contribution in [0.25, 0.3) is 0 Å². The Morgan fingerprint density at radius 2 is 1.73 bits per heavy atom. The summed E-state index contributed by atoms with van der Waals surface area (Å²) in [4.78, 5) is 24.8. The average molecular weight is 348 g/mol. The summed E-state index contributed by atoms with van der Waals surface area (Å²) in [6.07, 6.45) is -1.63. The fourth-order valence-corrected chi connectivity index (χ4v) is 3.32. The predicted octanol–water partition coefficient (Wildman–Crippen LogP) is 4.06. The van der Waals surface area contributed by atoms with Gasteiger partial charge in [-0.25, -0.2) is 14.5 Å². The van der Waals surface area contributed by atoms with Gasteiger partial charge in [-0.1, -0.05) is 42.4 Å². The molecule has 0 fully saturated rings. The SMILES string of the molecule is CC(C)(C)OC(=O)N(CCSSC(C)(C)C)C(=O)OCC#N. The first-order chi connectivity index (χ1) is 9.96. The monoisotopic (exact) mass is 348 g/mol. The molecule has 0 bridgehead atoms. The van der Waals surface area contributed by atoms with E-state index < -0.39 is 24.4 Å². The quantitative estimate of drug-likeness (QED) is 0.547. The number of nitrogens with zero attached hydrogens (tertiary/aromatic N) is 2. The number of rotatable bonds is 5. The second-order valence-corrected chi connectivity index (χ2v) is 9.60. The number of hydrogen-bond acceptors (Lipinski definition) is 7. The van der Waals surface area contributed by atoms with Crippen molar-refractivity contribution in [1.82, 2.24) is 4.90 Å². The molecule has 0 radical (unpaired) electrons. The molecule has 0 saturated heterocycles. The lowest BCUT2D eigenvalue weighted by atomic mass is 10.2. The highest BCUT2D eigenvalue weighted by Crippen LogP contribution is 2.34. The van der Waals surface area contributed by atoms with E-state index in [0.717, 1.165) is 4.90 Å². The van der Waals surface area contributed by atoms with Crippen molar-refractivity contribution < 1.29 is 19.1 Å². The molecule has 0 heterocycles. The predicted molar refractivity (Wildman–Crippen MR) is 89.7 cm³/mol. The number of hydrogen-bond donors (Lipinski definition) is 0. The lowest BCUT2D eigenvalue weighted by Gasteiger charge is -2.25. The number of ether oxygens (including phenoxy) is 2. The maximum Gasteiger partial charge on any atom is 0.420 e. The van der Waals surface area contributed by atoms with E-state index in [-0.39, 0.29) is 11.3 Å². The van der Waals surface area contributed by atoms with E-state index in [1.807, 2.05) is 0 Å². The molecule has 0 aromatic carbocycles. The largest absolute Gasteiger partial charge is 0.443 e. The summed E-state index contributed by atoms with van der Waals surface area (Å²) in [5.74, 6) is 0.544. The van der Waals surface area contributed by atoms with Gasteiger partial charge in [-0.3, -0.25) is 0 Å². The molecular weight excluding hydrogens is 324 g/mol. The zero-order valence-corrected chi connectivity index (χ0v) is 15.6. The van der Waals surface area contributed by atoms with Gasteiger partial charge in [-0.2, -0.15) is 5.26 Å². The molecule has 2 amide bonds. The Morgan fingerprint density at radius 1 is 1.14 bits per heavy atom. The smallest absolute Gasteiger partial charge is 0.420 e. The van der Waals surface area contributed by atoms with Crippen molar-refractivity contribution in [2.75, 3.05) is 18.9 Å². The van der Waals surface area contributed by atoms with Gasteiger partial charge in [0.1, 0.15) is 11.7 Å². The maximum atomic E-state index is 12.1. The number of carbonyl (C=O) groups is 2. The third-order valence-corrected chi connectivity index (χ3v) is 5.12. The highest BCUT2D eigenvalue weighted by Gasteiger charge is 2.28. The van der Waals surface area contributed by atoms with E-state index in [9.17, 15) is 9.59 Å². The van der Waals surface area contributed by atoms with Gasteiger partial charge in [-0.15, -0.1) is 0 Å². The molecule has 0 N–H and O–H groups in total. The maximum absolute atomic E-state index is 12.1. The normalized spacial score (nSPS) is 11.5. The van der Waals surface area contributed by atoms with Gasteiger partial charge in [0.05, 0.1) is 0 Å². The van der Waals surface area contributed by atoms with Crippen LogP contribution in [0.2, 0.25) is 0 Å². The number of carbonyl (C=O) groups excluding carboxylic acids is 2. The molecule has 0 aromatic rings. The van der Waals surface area contributed by atoms with Crippen LogP contribution in [0.1, 0.15) is 41.5 Å². The molecular formula is C14H24N2O4S2. The molecule has 22 heavy (non-hydrogen) atoms. The molecule has 0 aliphatic heterocycles. The van der Waals surface area contributed by atoms with Gasteiger partial charge in [-0.05, 0) is 20.8 Å². The molecule has 0 unspecified atom stereocenters. The fourth-order valence-electron chi connectivity index (χ4n) is 1.09. The summed E-state index contributed by atoms with van der Waals surface area (Å²) < 4.78 is 9.97. The molecule has 8 heteroatoms. The van der Waals surface area contributed by atoms with Gasteiger partial charge < -0.3 is 9.47 Å². The molecule has 0 atom stereocenters. The number of imide groups is 1. The highest BCUT2D eigenvalue weighted by atomic mass is 33.1. The van der Waals surface area contributed by atoms with Crippen molar-refractivity contribution in [3.05, 3.63) is 0 Å². The van der Waals surface area contributed by atoms with E-state index in [2.05, 4.69) is 20.8 Å². The summed E-state index contributed by atoms with van der Waals surface area (Å²) in [7, 11) is 3.22. The standard InChI is InChI=1S/C14H24N2O4S2/c1-13(2,3)20-12(18)16(11(17)19-9-7-15)8-10-21-22-14(4,5)6/h8-10H2,1-6H3. The molecule has 0 aliphatic carbocycles. The minimum absolute atomic E-state index is 0.0860. The Kier molecular flexibility index (Phi) is 8.71. The first kappa shape index (κ1) is 20.9. The van der Waals surface area contributed by atoms with Crippen LogP contribution in [0.5, 0.6) is 0 Å². The van der Waals surface area contributed by atoms with Crippen LogP contribution < -0.4 is 0 Å². The topological polar surface area (TPSA) is 79.6 Å². The van der Waals surface area contributed by atoms with Gasteiger partial charge in [0.15, 0.2) is 6.61 Å². The lowest BCUT2D eigenvalue weighted by Crippen LogP contribution is -2.42. The zero-order chi connectivity index (χ0) is 17.4. The van der Waals surface area contributed by atoms with Crippen LogP contribution in [-0.4, -0.2) is 46.3 Å². The van der Waals surface area contributed by atoms with E-state index in [0.29, 0.717) is 5.75 Å². The molecule has 0 saturated carbocycles. The summed E-state index contributed by atoms with van der Waals surface area (Å²) in [5.41, 5.74) is -0.710. The summed E-state index contributed by atoms with van der Waals surface area (Å²) in [6, 6.07) is 1.70. The second-order valence-electron chi connectivity index (χ2n) is 6.36. The van der Waals surface area contributed by atoms with Crippen LogP contribution in [0, 0.1) is 11.3 Å². The van der Waals surface area contributed by atoms with Gasteiger partial charge in [0.25, 0.3) is 0 Å². The summed E-state index contributed by atoms with van der Waals surface area (Å²) >= 11 is 0. The molecule has 0 aromatic heterocycles. The molecule has 0 spiro atoms. The summed E-state index contributed by atoms with van der Waals surface area (Å²) in [6.45, 7) is 11.1. The van der Waals surface area contributed by atoms with Gasteiger partial charge >= 0.3 is 12.2 Å². The van der Waals surface area contributed by atoms with E-state index >= 15 is 0 Å². The van der Waals surface area contributed by atoms with Gasteiger partial charge in [0.2, 0.25) is 0 Å². The third kappa shape index (κ3) is 10.6. The second kappa shape index (κ2) is 9.16. The van der Waals surface area contributed by atoms with Gasteiger partial charge in [0, 0.05) is 17.0 Å². The Balaban J connectivity index is 4.63. The molecule has 126 valence electrons. The molecule has 0 rings (SSSR count). The van der Waals surface area contributed by atoms with Crippen LogP contribution in [0.3, 0.4) is 0 Å². The summed E-state index contributed by atoms with van der Waals surface area (Å²) in [5, 5.41) is 8.46. The first-order valence-electron chi connectivity index (χ1n) is 6.81. The van der Waals surface area contributed by atoms with E-state index in [4.69, 9.17) is 14.7 Å². The highest BCUT2D eigenvalue weighted by molar-refractivity contribution is 8.77. The van der Waals surface area contributed by atoms with Crippen molar-refractivity contribution in [2.45, 2.75) is 51.9 Å². The van der Waals surface area contributed by atoms with Crippen molar-refractivity contribution in [2.24, 2.45) is 0 Å². The average Bonchev–Trinajstić information content (AvgIpc) is 2.32. The Morgan fingerprint density at radius 3 is 2.18 bits per heavy atom. The van der Waals surface area contributed by atoms with Crippen molar-refractivity contribution in [3.8, 4) is 6.07 Å². The fraction of sp³-hybridized carbons (Fsp3) is 0.786. The number of nitriles is 1. The molecule has 6 nitrogen and oxygen atoms in total. The number of amides is 2. The van der Waals surface area contributed by atoms with Crippen LogP contribution in [0.4, 0.5) is 9.59 Å². The third-order valence-electron chi connectivity index (χ3n) is 1.80. The van der Waals surface area contributed by atoms with Crippen molar-refractivity contribution in [3.63, 3.8) is 0 Å². The first-order valence-corrected chi connectivity index (χ1v) is 9.13. The molecule has 0 aliphatic rings.